The number of methoxy groups -OCH3 is 1. The molecule has 3 rings (SSSR count). The second-order valence-corrected chi connectivity index (χ2v) is 9.45. The van der Waals surface area contributed by atoms with Gasteiger partial charge in [0.25, 0.3) is 0 Å². The summed E-state index contributed by atoms with van der Waals surface area (Å²) in [6.07, 6.45) is 2.34. The summed E-state index contributed by atoms with van der Waals surface area (Å²) in [5.41, 5.74) is -1.06. The van der Waals surface area contributed by atoms with E-state index < -0.39 is 22.9 Å². The lowest BCUT2D eigenvalue weighted by atomic mass is 9.89. The Hall–Kier alpha value is -1.93. The quantitative estimate of drug-likeness (QED) is 0.524. The highest BCUT2D eigenvalue weighted by molar-refractivity contribution is 5.43. The van der Waals surface area contributed by atoms with Crippen molar-refractivity contribution < 1.29 is 28.8 Å². The van der Waals surface area contributed by atoms with Gasteiger partial charge in [0.2, 0.25) is 0 Å². The summed E-state index contributed by atoms with van der Waals surface area (Å²) in [6, 6.07) is 0. The molecule has 1 aromatic rings. The molecule has 31 heavy (non-hydrogen) atoms. The summed E-state index contributed by atoms with van der Waals surface area (Å²) in [7, 11) is 1.47. The summed E-state index contributed by atoms with van der Waals surface area (Å²) in [5.74, 6) is 0.456. The smallest absolute Gasteiger partial charge is 0.342 e. The van der Waals surface area contributed by atoms with E-state index in [4.69, 9.17) is 18.6 Å². The molecular formula is C24H34O7. The van der Waals surface area contributed by atoms with E-state index in [2.05, 4.69) is 0 Å². The molecule has 0 spiro atoms. The molecule has 0 amide bonds. The number of hydrogen-bond donors (Lipinski definition) is 2. The first kappa shape index (κ1) is 23.7. The lowest BCUT2D eigenvalue weighted by Gasteiger charge is -2.27. The van der Waals surface area contributed by atoms with Gasteiger partial charge in [0, 0.05) is 5.56 Å². The zero-order chi connectivity index (χ0) is 23.5. The van der Waals surface area contributed by atoms with Gasteiger partial charge in [-0.05, 0) is 78.7 Å². The molecule has 6 atom stereocenters. The highest BCUT2D eigenvalue weighted by Gasteiger charge is 2.71. The van der Waals surface area contributed by atoms with Gasteiger partial charge >= 0.3 is 5.63 Å². The first-order valence-corrected chi connectivity index (χ1v) is 10.5. The average Bonchev–Trinajstić information content (AvgIpc) is 3.33. The molecule has 0 unspecified atom stereocenters. The van der Waals surface area contributed by atoms with E-state index in [0.717, 1.165) is 0 Å². The van der Waals surface area contributed by atoms with E-state index in [1.54, 1.807) is 20.8 Å². The Balaban J connectivity index is 1.90. The summed E-state index contributed by atoms with van der Waals surface area (Å²) < 4.78 is 22.7. The van der Waals surface area contributed by atoms with Crippen molar-refractivity contribution in [1.29, 1.82) is 0 Å². The number of fused-ring (bicyclic) bond motifs is 1. The molecule has 3 heterocycles. The molecule has 2 N–H and O–H groups in total. The third-order valence-corrected chi connectivity index (χ3v) is 6.67. The van der Waals surface area contributed by atoms with Gasteiger partial charge < -0.3 is 28.8 Å². The number of epoxide rings is 1. The Kier molecular flexibility index (Phi) is 5.81. The maximum absolute atomic E-state index is 12.2. The summed E-state index contributed by atoms with van der Waals surface area (Å²) in [4.78, 5) is 12.2. The fraction of sp³-hybridized carbons (Fsp3) is 0.625. The van der Waals surface area contributed by atoms with E-state index >= 15 is 0 Å². The highest BCUT2D eigenvalue weighted by atomic mass is 16.7. The topological polar surface area (TPSA) is 102 Å². The molecular weight excluding hydrogens is 400 g/mol. The number of ether oxygens (including phenoxy) is 3. The zero-order valence-electron chi connectivity index (χ0n) is 19.8. The standard InChI is InChI=1S/C24H34O7/c1-12(10-22(6,27)19-14(3)18(28-9)15(4)20(26)29-19)17(25)13(2)11-23(7)21-24(8,31-21)16(5)30-23/h10-11,16-17,21,25,27H,1-9H3/t16-,17-,21-,22+,23-,24-/m0/s1. The highest BCUT2D eigenvalue weighted by Crippen LogP contribution is 2.55. The maximum atomic E-state index is 12.2. The molecule has 1 aromatic heterocycles. The fourth-order valence-electron chi connectivity index (χ4n) is 4.87. The molecule has 2 saturated heterocycles. The largest absolute Gasteiger partial charge is 0.496 e. The van der Waals surface area contributed by atoms with Crippen molar-refractivity contribution in [3.8, 4) is 5.75 Å². The monoisotopic (exact) mass is 434 g/mol. The van der Waals surface area contributed by atoms with Crippen LogP contribution in [0.15, 0.2) is 32.5 Å². The molecule has 0 aromatic carbocycles. The van der Waals surface area contributed by atoms with Crippen molar-refractivity contribution in [2.24, 2.45) is 0 Å². The molecule has 0 saturated carbocycles. The van der Waals surface area contributed by atoms with Crippen molar-refractivity contribution in [2.75, 3.05) is 7.11 Å². The van der Waals surface area contributed by atoms with Crippen LogP contribution < -0.4 is 10.4 Å². The van der Waals surface area contributed by atoms with Crippen LogP contribution in [0.5, 0.6) is 5.75 Å². The van der Waals surface area contributed by atoms with Crippen molar-refractivity contribution in [2.45, 2.75) is 90.5 Å². The van der Waals surface area contributed by atoms with Gasteiger partial charge in [-0.1, -0.05) is 0 Å². The van der Waals surface area contributed by atoms with Gasteiger partial charge in [-0.3, -0.25) is 0 Å². The Morgan fingerprint density at radius 2 is 1.81 bits per heavy atom. The first-order chi connectivity index (χ1) is 14.2. The number of aliphatic hydroxyl groups is 2. The predicted octanol–water partition coefficient (Wildman–Crippen LogP) is 3.06. The normalized spacial score (nSPS) is 33.6. The Labute approximate surface area is 183 Å². The van der Waals surface area contributed by atoms with Crippen LogP contribution in [0.25, 0.3) is 0 Å². The van der Waals surface area contributed by atoms with Gasteiger partial charge in [0.05, 0.1) is 24.9 Å². The number of aliphatic hydroxyl groups excluding tert-OH is 1. The van der Waals surface area contributed by atoms with E-state index in [-0.39, 0.29) is 23.6 Å². The minimum absolute atomic E-state index is 0.0385. The molecule has 0 bridgehead atoms. The van der Waals surface area contributed by atoms with Gasteiger partial charge in [0.1, 0.15) is 34.4 Å². The maximum Gasteiger partial charge on any atom is 0.342 e. The second kappa shape index (κ2) is 7.59. The van der Waals surface area contributed by atoms with Crippen LogP contribution in [0.2, 0.25) is 0 Å². The van der Waals surface area contributed by atoms with Crippen LogP contribution in [-0.2, 0) is 15.1 Å². The number of rotatable bonds is 6. The minimum Gasteiger partial charge on any atom is -0.496 e. The third-order valence-electron chi connectivity index (χ3n) is 6.67. The molecule has 0 radical (unpaired) electrons. The first-order valence-electron chi connectivity index (χ1n) is 10.5. The van der Waals surface area contributed by atoms with E-state index in [9.17, 15) is 15.0 Å². The van der Waals surface area contributed by atoms with Crippen molar-refractivity contribution in [1.82, 2.24) is 0 Å². The Morgan fingerprint density at radius 3 is 2.29 bits per heavy atom. The third kappa shape index (κ3) is 3.89. The van der Waals surface area contributed by atoms with Gasteiger partial charge in [-0.25, -0.2) is 4.79 Å². The van der Waals surface area contributed by atoms with Crippen LogP contribution in [0.3, 0.4) is 0 Å². The van der Waals surface area contributed by atoms with Crippen LogP contribution >= 0.6 is 0 Å². The van der Waals surface area contributed by atoms with Crippen LogP contribution in [0, 0.1) is 13.8 Å². The van der Waals surface area contributed by atoms with Crippen LogP contribution in [-0.4, -0.2) is 46.8 Å². The lowest BCUT2D eigenvalue weighted by molar-refractivity contribution is -0.0724. The molecule has 7 nitrogen and oxygen atoms in total. The van der Waals surface area contributed by atoms with E-state index in [1.165, 1.54) is 20.1 Å². The summed E-state index contributed by atoms with van der Waals surface area (Å²) in [5, 5.41) is 22.0. The van der Waals surface area contributed by atoms with Crippen molar-refractivity contribution in [3.63, 3.8) is 0 Å². The van der Waals surface area contributed by atoms with Crippen molar-refractivity contribution in [3.05, 3.63) is 50.6 Å². The second-order valence-electron chi connectivity index (χ2n) is 9.45. The van der Waals surface area contributed by atoms with Gasteiger partial charge in [-0.2, -0.15) is 0 Å². The average molecular weight is 435 g/mol. The molecule has 7 heteroatoms. The lowest BCUT2D eigenvalue weighted by Crippen LogP contribution is -2.31. The Bertz CT molecular complexity index is 1000. The molecule has 0 aliphatic carbocycles. The predicted molar refractivity (Wildman–Crippen MR) is 116 cm³/mol. The number of hydrogen-bond acceptors (Lipinski definition) is 7. The van der Waals surface area contributed by atoms with E-state index in [0.29, 0.717) is 28.0 Å². The molecule has 2 aliphatic heterocycles. The van der Waals surface area contributed by atoms with Gasteiger partial charge in [0.15, 0.2) is 0 Å². The summed E-state index contributed by atoms with van der Waals surface area (Å²) >= 11 is 0. The fourth-order valence-corrected chi connectivity index (χ4v) is 4.87. The minimum atomic E-state index is -1.63. The van der Waals surface area contributed by atoms with Crippen LogP contribution in [0.4, 0.5) is 0 Å². The Morgan fingerprint density at radius 1 is 1.19 bits per heavy atom. The zero-order valence-corrected chi connectivity index (χ0v) is 19.8. The molecule has 2 aliphatic rings. The van der Waals surface area contributed by atoms with Crippen LogP contribution in [0.1, 0.15) is 58.4 Å². The van der Waals surface area contributed by atoms with E-state index in [1.807, 2.05) is 33.8 Å². The van der Waals surface area contributed by atoms with Gasteiger partial charge in [-0.15, -0.1) is 0 Å². The SMILES string of the molecule is COc1c(C)c([C@](C)(O)C=C(C)[C@H](O)C(C)=C[C@]2(C)O[C@@H](C)[C@]3(C)O[C@H]32)oc(=O)c1C. The molecule has 2 fully saturated rings. The molecule has 172 valence electrons. The van der Waals surface area contributed by atoms with Crippen molar-refractivity contribution >= 4 is 0 Å². The summed E-state index contributed by atoms with van der Waals surface area (Å²) in [6.45, 7) is 14.3.